The van der Waals surface area contributed by atoms with Crippen molar-refractivity contribution in [2.24, 2.45) is 0 Å². The minimum Gasteiger partial charge on any atom is -0.305 e. The first-order valence-corrected chi connectivity index (χ1v) is 16.4. The van der Waals surface area contributed by atoms with Crippen LogP contribution in [-0.4, -0.2) is 9.97 Å². The molecule has 7 aromatic rings. The Bertz CT molecular complexity index is 2390. The molecule has 2 heterocycles. The van der Waals surface area contributed by atoms with Crippen molar-refractivity contribution in [1.29, 1.82) is 0 Å². The van der Waals surface area contributed by atoms with Crippen LogP contribution in [0, 0.1) is 19.1 Å². The molecule has 1 aliphatic rings. The summed E-state index contributed by atoms with van der Waals surface area (Å²) in [5.41, 5.74) is 13.5. The first kappa shape index (κ1) is 27.9. The first-order chi connectivity index (χ1) is 25.2. The largest absolute Gasteiger partial charge is 0.305 e. The molecular weight excluding hydrogens is 773 g/mol. The second-order valence-corrected chi connectivity index (χ2v) is 12.3. The van der Waals surface area contributed by atoms with Gasteiger partial charge in [-0.1, -0.05) is 102 Å². The summed E-state index contributed by atoms with van der Waals surface area (Å²) in [4.78, 5) is 9.03. The number of aryl methyl sites for hydroxylation is 5. The van der Waals surface area contributed by atoms with Gasteiger partial charge in [-0.25, -0.2) is 0 Å². The zero-order valence-corrected chi connectivity index (χ0v) is 29.5. The van der Waals surface area contributed by atoms with E-state index in [1.165, 1.54) is 35.6 Å². The Balaban J connectivity index is 0.00000435. The number of hydrogen-bond donors (Lipinski definition) is 0. The van der Waals surface area contributed by atoms with Gasteiger partial charge in [0.25, 0.3) is 0 Å². The Morgan fingerprint density at radius 1 is 0.571 bits per heavy atom. The maximum atomic E-state index is 9.16. The van der Waals surface area contributed by atoms with Crippen molar-refractivity contribution >= 4 is 0 Å². The molecule has 0 aliphatic heterocycles. The number of pyridine rings is 2. The third-order valence-electron chi connectivity index (χ3n) is 9.01. The number of aromatic nitrogens is 2. The topological polar surface area (TPSA) is 25.8 Å². The summed E-state index contributed by atoms with van der Waals surface area (Å²) in [7, 11) is 0. The molecule has 0 saturated heterocycles. The van der Waals surface area contributed by atoms with E-state index < -0.39 is 12.7 Å². The van der Waals surface area contributed by atoms with Crippen LogP contribution in [0.25, 0.3) is 55.9 Å². The van der Waals surface area contributed by atoms with E-state index in [1.54, 1.807) is 30.5 Å². The molecule has 1 aliphatic carbocycles. The van der Waals surface area contributed by atoms with Crippen LogP contribution in [0.5, 0.6) is 0 Å². The van der Waals surface area contributed by atoms with Crippen LogP contribution in [0.3, 0.4) is 0 Å². The monoisotopic (exact) mass is 813 g/mol. The Kier molecular flexibility index (Phi) is 8.36. The van der Waals surface area contributed by atoms with Crippen LogP contribution >= 0.6 is 0 Å². The molecule has 8 rings (SSSR count). The summed E-state index contributed by atoms with van der Waals surface area (Å²) in [5.74, 6) is 0. The molecular formula is C46H36IrN2-2. The van der Waals surface area contributed by atoms with E-state index >= 15 is 0 Å². The molecule has 5 aromatic carbocycles. The van der Waals surface area contributed by atoms with Crippen molar-refractivity contribution in [3.63, 3.8) is 0 Å². The molecule has 0 fully saturated rings. The molecule has 0 amide bonds. The van der Waals surface area contributed by atoms with Gasteiger partial charge in [-0.15, -0.1) is 65.2 Å². The number of hydrogen-bond acceptors (Lipinski definition) is 2. The average molecular weight is 813 g/mol. The van der Waals surface area contributed by atoms with Gasteiger partial charge in [0.15, 0.2) is 0 Å². The van der Waals surface area contributed by atoms with Gasteiger partial charge in [-0.2, -0.15) is 0 Å². The molecule has 3 heteroatoms. The molecule has 2 aromatic heterocycles. The number of fused-ring (bicyclic) bond motifs is 1. The van der Waals surface area contributed by atoms with Crippen LogP contribution < -0.4 is 0 Å². The van der Waals surface area contributed by atoms with Crippen molar-refractivity contribution in [2.75, 3.05) is 0 Å². The van der Waals surface area contributed by atoms with Crippen LogP contribution in [0.1, 0.15) is 39.7 Å². The maximum absolute atomic E-state index is 9.16. The van der Waals surface area contributed by atoms with E-state index in [0.29, 0.717) is 0 Å². The Morgan fingerprint density at radius 2 is 1.29 bits per heavy atom. The second kappa shape index (κ2) is 14.7. The SMILES string of the molecule is [2H]C([2H])(c1c[c-]c(-c2ccccn2)cc1)C([2H])([2H])c1cc(C)cc(-c2ccccc2-c2c[c-]c(-c3cc(-c4ccc5c(c4)CCC5)ccn3)cc2)c1.[Ir]. The quantitative estimate of drug-likeness (QED) is 0.143. The van der Waals surface area contributed by atoms with E-state index in [0.717, 1.165) is 62.3 Å². The average Bonchev–Trinajstić information content (AvgIpc) is 3.66. The molecule has 0 atom stereocenters. The second-order valence-electron chi connectivity index (χ2n) is 12.3. The summed E-state index contributed by atoms with van der Waals surface area (Å²) < 4.78 is 36.4. The molecule has 241 valence electrons. The van der Waals surface area contributed by atoms with E-state index in [4.69, 9.17) is 5.48 Å². The molecule has 0 saturated carbocycles. The summed E-state index contributed by atoms with van der Waals surface area (Å²) in [6.07, 6.45) is 2.41. The van der Waals surface area contributed by atoms with E-state index in [2.05, 4.69) is 64.6 Å². The number of benzene rings is 5. The number of nitrogens with zero attached hydrogens (tertiary/aromatic N) is 2. The van der Waals surface area contributed by atoms with Gasteiger partial charge in [0.1, 0.15) is 0 Å². The molecule has 0 spiro atoms. The molecule has 2 nitrogen and oxygen atoms in total. The Morgan fingerprint density at radius 3 is 2.08 bits per heavy atom. The van der Waals surface area contributed by atoms with Gasteiger partial charge in [-0.3, -0.25) is 0 Å². The maximum Gasteiger partial charge on any atom is 0.0311 e. The zero-order valence-electron chi connectivity index (χ0n) is 31.1. The number of rotatable bonds is 8. The standard InChI is InChI=1S/C46H36N2.Ir/c1-32-27-34(13-12-33-14-16-37(17-15-33)45-11-4-5-25-47-45)29-42(28-32)44-10-3-2-9-43(44)36-19-21-38(22-20-36)46-31-41(24-26-48-46)40-23-18-35-7-6-8-39(35)30-40;/h2-5,9-11,14-16,18-21,23-31H,6-8,12-13H2,1H3;/q-2;/i12D2,13D2;. The fourth-order valence-electron chi connectivity index (χ4n) is 6.59. The predicted molar refractivity (Wildman–Crippen MR) is 197 cm³/mol. The Labute approximate surface area is 308 Å². The van der Waals surface area contributed by atoms with Gasteiger partial charge in [-0.05, 0) is 95.0 Å². The Hall–Kier alpha value is -4.95. The molecule has 0 unspecified atom stereocenters. The van der Waals surface area contributed by atoms with Crippen LogP contribution in [0.2, 0.25) is 0 Å². The normalized spacial score (nSPS) is 13.7. The van der Waals surface area contributed by atoms with Crippen molar-refractivity contribution in [3.8, 4) is 55.9 Å². The summed E-state index contributed by atoms with van der Waals surface area (Å²) in [5, 5.41) is 0. The van der Waals surface area contributed by atoms with Gasteiger partial charge >= 0.3 is 0 Å². The fraction of sp³-hybridized carbons (Fsp3) is 0.130. The molecule has 0 bridgehead atoms. The third-order valence-corrected chi connectivity index (χ3v) is 9.01. The van der Waals surface area contributed by atoms with Crippen molar-refractivity contribution in [1.82, 2.24) is 9.97 Å². The van der Waals surface area contributed by atoms with Crippen LogP contribution in [0.4, 0.5) is 0 Å². The zero-order chi connectivity index (χ0) is 35.9. The van der Waals surface area contributed by atoms with Crippen LogP contribution in [0.15, 0.2) is 140 Å². The van der Waals surface area contributed by atoms with Crippen LogP contribution in [-0.2, 0) is 45.7 Å². The summed E-state index contributed by atoms with van der Waals surface area (Å²) >= 11 is 0. The van der Waals surface area contributed by atoms with Crippen molar-refractivity contribution < 1.29 is 25.6 Å². The third kappa shape index (κ3) is 7.25. The first-order valence-electron chi connectivity index (χ1n) is 18.4. The van der Waals surface area contributed by atoms with Crippen molar-refractivity contribution in [2.45, 2.75) is 38.9 Å². The summed E-state index contributed by atoms with van der Waals surface area (Å²) in [6, 6.07) is 47.8. The van der Waals surface area contributed by atoms with E-state index in [9.17, 15) is 0 Å². The smallest absolute Gasteiger partial charge is 0.0311 e. The van der Waals surface area contributed by atoms with Gasteiger partial charge < -0.3 is 9.97 Å². The fourth-order valence-corrected chi connectivity index (χ4v) is 6.59. The van der Waals surface area contributed by atoms with E-state index in [-0.39, 0.29) is 31.2 Å². The van der Waals surface area contributed by atoms with Gasteiger partial charge in [0, 0.05) is 38.0 Å². The molecule has 1 radical (unpaired) electrons. The predicted octanol–water partition coefficient (Wildman–Crippen LogP) is 11.0. The minimum atomic E-state index is -2.35. The summed E-state index contributed by atoms with van der Waals surface area (Å²) in [6.45, 7) is 1.92. The van der Waals surface area contributed by atoms with Crippen molar-refractivity contribution in [3.05, 3.63) is 180 Å². The minimum absolute atomic E-state index is 0. The molecule has 0 N–H and O–H groups in total. The van der Waals surface area contributed by atoms with E-state index in [1.807, 2.05) is 67.7 Å². The van der Waals surface area contributed by atoms with Gasteiger partial charge in [0.05, 0.1) is 0 Å². The molecule has 49 heavy (non-hydrogen) atoms. The van der Waals surface area contributed by atoms with Gasteiger partial charge in [0.2, 0.25) is 0 Å².